The molecule has 1 saturated heterocycles. The molecule has 1 N–H and O–H groups in total. The molecule has 0 unspecified atom stereocenters. The minimum absolute atomic E-state index is 0.228. The minimum atomic E-state index is 0.228. The summed E-state index contributed by atoms with van der Waals surface area (Å²) in [7, 11) is 1.65. The second-order valence-corrected chi connectivity index (χ2v) is 4.16. The number of hydrogen-bond donors (Lipinski definition) is 1. The first-order valence-corrected chi connectivity index (χ1v) is 5.91. The van der Waals surface area contributed by atoms with Crippen LogP contribution in [0.2, 0.25) is 0 Å². The van der Waals surface area contributed by atoms with Crippen molar-refractivity contribution in [3.05, 3.63) is 29.8 Å². The lowest BCUT2D eigenvalue weighted by Crippen LogP contribution is -2.31. The molecule has 0 saturated carbocycles. The molecular formula is C13H18N2O2. The number of methoxy groups -OCH3 is 1. The fourth-order valence-electron chi connectivity index (χ4n) is 1.94. The van der Waals surface area contributed by atoms with Crippen LogP contribution in [0.4, 0.5) is 0 Å². The third kappa shape index (κ3) is 3.20. The van der Waals surface area contributed by atoms with Crippen molar-refractivity contribution >= 4 is 5.91 Å². The smallest absolute Gasteiger partial charge is 0.224 e. The number of amides is 1. The highest BCUT2D eigenvalue weighted by atomic mass is 16.5. The van der Waals surface area contributed by atoms with Crippen molar-refractivity contribution in [2.75, 3.05) is 26.7 Å². The number of hydrogen-bond acceptors (Lipinski definition) is 3. The topological polar surface area (TPSA) is 41.6 Å². The number of nitrogens with zero attached hydrogens (tertiary/aromatic N) is 1. The van der Waals surface area contributed by atoms with Gasteiger partial charge in [0.25, 0.3) is 0 Å². The van der Waals surface area contributed by atoms with Crippen molar-refractivity contribution in [2.24, 2.45) is 0 Å². The third-order valence-corrected chi connectivity index (χ3v) is 2.96. The molecule has 0 radical (unpaired) electrons. The summed E-state index contributed by atoms with van der Waals surface area (Å²) in [5.74, 6) is 1.07. The van der Waals surface area contributed by atoms with Crippen LogP contribution >= 0.6 is 0 Å². The van der Waals surface area contributed by atoms with Gasteiger partial charge in [-0.1, -0.05) is 12.1 Å². The van der Waals surface area contributed by atoms with Crippen LogP contribution in [-0.4, -0.2) is 37.6 Å². The van der Waals surface area contributed by atoms with E-state index in [2.05, 4.69) is 5.32 Å². The van der Waals surface area contributed by atoms with E-state index in [1.165, 1.54) is 0 Å². The van der Waals surface area contributed by atoms with Gasteiger partial charge in [-0.25, -0.2) is 0 Å². The zero-order chi connectivity index (χ0) is 12.1. The van der Waals surface area contributed by atoms with E-state index in [0.717, 1.165) is 30.9 Å². The molecule has 2 rings (SSSR count). The second kappa shape index (κ2) is 5.68. The molecule has 0 aliphatic carbocycles. The maximum Gasteiger partial charge on any atom is 0.224 e. The van der Waals surface area contributed by atoms with Crippen LogP contribution in [-0.2, 0) is 11.3 Å². The standard InChI is InChI=1S/C13H18N2O2/c1-17-12-4-2-11(3-5-12)10-15-9-8-14-7-6-13(15)16/h2-5,14H,6-10H2,1H3. The molecule has 1 aliphatic rings. The molecular weight excluding hydrogens is 216 g/mol. The first-order chi connectivity index (χ1) is 8.29. The fraction of sp³-hybridized carbons (Fsp3) is 0.462. The average molecular weight is 234 g/mol. The lowest BCUT2D eigenvalue weighted by atomic mass is 10.2. The van der Waals surface area contributed by atoms with Gasteiger partial charge in [0.2, 0.25) is 5.91 Å². The largest absolute Gasteiger partial charge is 0.497 e. The minimum Gasteiger partial charge on any atom is -0.497 e. The number of ether oxygens (including phenoxy) is 1. The molecule has 0 spiro atoms. The monoisotopic (exact) mass is 234 g/mol. The molecule has 4 heteroatoms. The Kier molecular flexibility index (Phi) is 3.98. The number of benzene rings is 1. The first kappa shape index (κ1) is 11.9. The maximum absolute atomic E-state index is 11.8. The first-order valence-electron chi connectivity index (χ1n) is 5.91. The van der Waals surface area contributed by atoms with E-state index in [1.54, 1.807) is 7.11 Å². The van der Waals surface area contributed by atoms with Gasteiger partial charge in [-0.3, -0.25) is 4.79 Å². The zero-order valence-electron chi connectivity index (χ0n) is 10.1. The van der Waals surface area contributed by atoms with Crippen LogP contribution in [0, 0.1) is 0 Å². The Morgan fingerprint density at radius 1 is 1.29 bits per heavy atom. The molecule has 17 heavy (non-hydrogen) atoms. The van der Waals surface area contributed by atoms with Gasteiger partial charge >= 0.3 is 0 Å². The molecule has 4 nitrogen and oxygen atoms in total. The van der Waals surface area contributed by atoms with E-state index in [4.69, 9.17) is 4.74 Å². The Labute approximate surface area is 102 Å². The highest BCUT2D eigenvalue weighted by molar-refractivity contribution is 5.76. The Morgan fingerprint density at radius 2 is 2.06 bits per heavy atom. The number of rotatable bonds is 3. The van der Waals surface area contributed by atoms with Gasteiger partial charge in [-0.2, -0.15) is 0 Å². The van der Waals surface area contributed by atoms with Crippen LogP contribution < -0.4 is 10.1 Å². The molecule has 1 amide bonds. The molecule has 0 bridgehead atoms. The molecule has 0 atom stereocenters. The normalized spacial score (nSPS) is 16.8. The summed E-state index contributed by atoms with van der Waals surface area (Å²) in [6.45, 7) is 3.13. The van der Waals surface area contributed by atoms with Gasteiger partial charge in [0.1, 0.15) is 5.75 Å². The van der Waals surface area contributed by atoms with E-state index in [1.807, 2.05) is 29.2 Å². The molecule has 1 aromatic rings. The molecule has 1 aromatic carbocycles. The highest BCUT2D eigenvalue weighted by Gasteiger charge is 2.16. The van der Waals surface area contributed by atoms with E-state index in [9.17, 15) is 4.79 Å². The summed E-state index contributed by atoms with van der Waals surface area (Å²) < 4.78 is 5.11. The summed E-state index contributed by atoms with van der Waals surface area (Å²) in [6.07, 6.45) is 0.593. The summed E-state index contributed by atoms with van der Waals surface area (Å²) in [5, 5.41) is 3.23. The Balaban J connectivity index is 2.00. The molecule has 1 aliphatic heterocycles. The Bertz CT molecular complexity index is 376. The molecule has 0 aromatic heterocycles. The predicted molar refractivity (Wildman–Crippen MR) is 65.9 cm³/mol. The second-order valence-electron chi connectivity index (χ2n) is 4.16. The predicted octanol–water partition coefficient (Wildman–Crippen LogP) is 1.02. The highest BCUT2D eigenvalue weighted by Crippen LogP contribution is 2.13. The molecule has 92 valence electrons. The van der Waals surface area contributed by atoms with Gasteiger partial charge in [0, 0.05) is 32.6 Å². The van der Waals surface area contributed by atoms with Crippen molar-refractivity contribution in [1.29, 1.82) is 0 Å². The Hall–Kier alpha value is -1.55. The van der Waals surface area contributed by atoms with Crippen molar-refractivity contribution in [3.63, 3.8) is 0 Å². The SMILES string of the molecule is COc1ccc(CN2CCNCCC2=O)cc1. The fourth-order valence-corrected chi connectivity index (χ4v) is 1.94. The number of carbonyl (C=O) groups excluding carboxylic acids is 1. The number of nitrogens with one attached hydrogen (secondary N) is 1. The summed E-state index contributed by atoms with van der Waals surface area (Å²) in [4.78, 5) is 13.7. The van der Waals surface area contributed by atoms with Crippen LogP contribution in [0.3, 0.4) is 0 Å². The zero-order valence-corrected chi connectivity index (χ0v) is 10.1. The van der Waals surface area contributed by atoms with Crippen molar-refractivity contribution in [1.82, 2.24) is 10.2 Å². The summed E-state index contributed by atoms with van der Waals surface area (Å²) in [6, 6.07) is 7.86. The molecule has 1 fully saturated rings. The molecule has 1 heterocycles. The van der Waals surface area contributed by atoms with Gasteiger partial charge in [-0.15, -0.1) is 0 Å². The van der Waals surface area contributed by atoms with Crippen LogP contribution in [0.1, 0.15) is 12.0 Å². The van der Waals surface area contributed by atoms with Gasteiger partial charge in [-0.05, 0) is 17.7 Å². The van der Waals surface area contributed by atoms with Gasteiger partial charge in [0.15, 0.2) is 0 Å². The lowest BCUT2D eigenvalue weighted by molar-refractivity contribution is -0.130. The van der Waals surface area contributed by atoms with Crippen molar-refractivity contribution in [2.45, 2.75) is 13.0 Å². The summed E-state index contributed by atoms with van der Waals surface area (Å²) >= 11 is 0. The van der Waals surface area contributed by atoms with Gasteiger partial charge < -0.3 is 15.0 Å². The van der Waals surface area contributed by atoms with E-state index in [0.29, 0.717) is 13.0 Å². The maximum atomic E-state index is 11.8. The van der Waals surface area contributed by atoms with Crippen LogP contribution in [0.25, 0.3) is 0 Å². The lowest BCUT2D eigenvalue weighted by Gasteiger charge is -2.20. The van der Waals surface area contributed by atoms with Crippen molar-refractivity contribution < 1.29 is 9.53 Å². The number of carbonyl (C=O) groups is 1. The van der Waals surface area contributed by atoms with Gasteiger partial charge in [0.05, 0.1) is 7.11 Å². The van der Waals surface area contributed by atoms with E-state index in [-0.39, 0.29) is 5.91 Å². The van der Waals surface area contributed by atoms with Crippen LogP contribution in [0.5, 0.6) is 5.75 Å². The summed E-state index contributed by atoms with van der Waals surface area (Å²) in [5.41, 5.74) is 1.14. The van der Waals surface area contributed by atoms with Crippen LogP contribution in [0.15, 0.2) is 24.3 Å². The van der Waals surface area contributed by atoms with E-state index >= 15 is 0 Å². The average Bonchev–Trinajstić information content (AvgIpc) is 2.56. The third-order valence-electron chi connectivity index (χ3n) is 2.96. The Morgan fingerprint density at radius 3 is 2.76 bits per heavy atom. The van der Waals surface area contributed by atoms with Crippen molar-refractivity contribution in [3.8, 4) is 5.75 Å². The quantitative estimate of drug-likeness (QED) is 0.849. The van der Waals surface area contributed by atoms with E-state index < -0.39 is 0 Å².